The molecule has 5 rings (SSSR count). The Hall–Kier alpha value is -3.80. The normalized spacial score (nSPS) is 15.5. The first-order chi connectivity index (χ1) is 17.6. The molecule has 190 valence electrons. The second kappa shape index (κ2) is 11.5. The van der Waals surface area contributed by atoms with Gasteiger partial charge in [0.15, 0.2) is 0 Å². The second-order valence-electron chi connectivity index (χ2n) is 9.70. The Kier molecular flexibility index (Phi) is 8.17. The maximum Gasteiger partial charge on any atom is 0.314 e. The number of hydrogen-bond donors (Lipinski definition) is 2. The Morgan fingerprint density at radius 2 is 1.30 bits per heavy atom. The minimum absolute atomic E-state index is 0. The van der Waals surface area contributed by atoms with Crippen molar-refractivity contribution in [3.63, 3.8) is 0 Å². The van der Waals surface area contributed by atoms with Crippen molar-refractivity contribution >= 4 is 5.97 Å². The summed E-state index contributed by atoms with van der Waals surface area (Å²) in [5.74, 6) is -0.718. The zero-order valence-corrected chi connectivity index (χ0v) is 21.2. The number of rotatable bonds is 8. The van der Waals surface area contributed by atoms with E-state index in [0.29, 0.717) is 12.8 Å². The monoisotopic (exact) mass is 493 g/mol. The van der Waals surface area contributed by atoms with E-state index in [4.69, 9.17) is 4.98 Å². The summed E-state index contributed by atoms with van der Waals surface area (Å²) < 4.78 is 0. The van der Waals surface area contributed by atoms with E-state index in [1.165, 1.54) is 11.1 Å². The van der Waals surface area contributed by atoms with Crippen molar-refractivity contribution in [1.82, 2.24) is 16.0 Å². The number of pyridine rings is 1. The van der Waals surface area contributed by atoms with Gasteiger partial charge in [0, 0.05) is 6.20 Å². The van der Waals surface area contributed by atoms with E-state index in [0.717, 1.165) is 37.3 Å². The molecule has 1 aromatic heterocycles. The average molecular weight is 494 g/mol. The van der Waals surface area contributed by atoms with Crippen LogP contribution in [-0.4, -0.2) is 40.6 Å². The summed E-state index contributed by atoms with van der Waals surface area (Å²) in [6.45, 7) is 2.36. The highest BCUT2D eigenvalue weighted by atomic mass is 16.4. The molecule has 4 aromatic rings. The van der Waals surface area contributed by atoms with Crippen molar-refractivity contribution in [3.8, 4) is 0 Å². The van der Waals surface area contributed by atoms with Gasteiger partial charge in [-0.05, 0) is 67.7 Å². The second-order valence-corrected chi connectivity index (χ2v) is 9.70. The highest BCUT2D eigenvalue weighted by Gasteiger charge is 2.44. The molecule has 5 nitrogen and oxygen atoms in total. The molecule has 0 saturated carbocycles. The van der Waals surface area contributed by atoms with Crippen LogP contribution in [-0.2, 0) is 15.6 Å². The van der Waals surface area contributed by atoms with Gasteiger partial charge in [-0.1, -0.05) is 97.1 Å². The fourth-order valence-corrected chi connectivity index (χ4v) is 5.81. The van der Waals surface area contributed by atoms with Gasteiger partial charge in [-0.15, -0.1) is 0 Å². The maximum absolute atomic E-state index is 12.4. The summed E-state index contributed by atoms with van der Waals surface area (Å²) in [6, 6.07) is 37.2. The van der Waals surface area contributed by atoms with Crippen LogP contribution < -0.4 is 6.15 Å². The van der Waals surface area contributed by atoms with Gasteiger partial charge in [-0.2, -0.15) is 0 Å². The molecule has 2 heterocycles. The topological polar surface area (TPSA) is 88.4 Å². The number of aliphatic carboxylic acids is 1. The summed E-state index contributed by atoms with van der Waals surface area (Å²) in [5.41, 5.74) is 3.17. The molecular weight excluding hydrogens is 458 g/mol. The fraction of sp³-hybridized carbons (Fsp3) is 0.250. The van der Waals surface area contributed by atoms with Crippen molar-refractivity contribution in [2.75, 3.05) is 19.6 Å². The van der Waals surface area contributed by atoms with Gasteiger partial charge in [-0.25, -0.2) is 0 Å². The fourth-order valence-electron chi connectivity index (χ4n) is 5.81. The van der Waals surface area contributed by atoms with Gasteiger partial charge in [0.1, 0.15) is 0 Å². The molecule has 1 fully saturated rings. The number of piperidine rings is 1. The summed E-state index contributed by atoms with van der Waals surface area (Å²) >= 11 is 0. The Labute approximate surface area is 219 Å². The molecule has 1 aliphatic heterocycles. The van der Waals surface area contributed by atoms with Crippen LogP contribution in [0.15, 0.2) is 115 Å². The van der Waals surface area contributed by atoms with Gasteiger partial charge in [0.05, 0.1) is 16.5 Å². The van der Waals surface area contributed by atoms with Crippen LogP contribution in [0.1, 0.15) is 41.6 Å². The zero-order chi connectivity index (χ0) is 24.8. The predicted octanol–water partition coefficient (Wildman–Crippen LogP) is 6.09. The Morgan fingerprint density at radius 1 is 0.784 bits per heavy atom. The van der Waals surface area contributed by atoms with Crippen molar-refractivity contribution < 1.29 is 9.90 Å². The quantitative estimate of drug-likeness (QED) is 0.310. The first-order valence-corrected chi connectivity index (χ1v) is 12.7. The molecule has 0 spiro atoms. The van der Waals surface area contributed by atoms with Crippen LogP contribution in [0, 0.1) is 0 Å². The Balaban J connectivity index is 0.00000320. The van der Waals surface area contributed by atoms with Crippen molar-refractivity contribution in [1.29, 1.82) is 0 Å². The predicted molar refractivity (Wildman–Crippen MR) is 148 cm³/mol. The molecule has 0 bridgehead atoms. The maximum atomic E-state index is 12.4. The average Bonchev–Trinajstić information content (AvgIpc) is 2.96. The molecule has 0 atom stereocenters. The van der Waals surface area contributed by atoms with E-state index in [9.17, 15) is 9.90 Å². The van der Waals surface area contributed by atoms with Gasteiger partial charge in [0.25, 0.3) is 0 Å². The van der Waals surface area contributed by atoms with Crippen LogP contribution >= 0.6 is 0 Å². The van der Waals surface area contributed by atoms with E-state index in [1.54, 1.807) is 0 Å². The van der Waals surface area contributed by atoms with Gasteiger partial charge < -0.3 is 16.2 Å². The minimum Gasteiger partial charge on any atom is -0.481 e. The van der Waals surface area contributed by atoms with E-state index < -0.39 is 16.8 Å². The van der Waals surface area contributed by atoms with Crippen LogP contribution in [0.25, 0.3) is 0 Å². The molecule has 0 unspecified atom stereocenters. The number of nitrogens with zero attached hydrogens (tertiary/aromatic N) is 2. The molecule has 5 heteroatoms. The number of carboxylic acids is 1. The lowest BCUT2D eigenvalue weighted by atomic mass is 9.69. The van der Waals surface area contributed by atoms with Crippen molar-refractivity contribution in [3.05, 3.63) is 138 Å². The van der Waals surface area contributed by atoms with E-state index in [-0.39, 0.29) is 6.15 Å². The molecule has 0 radical (unpaired) electrons. The van der Waals surface area contributed by atoms with Gasteiger partial charge >= 0.3 is 5.97 Å². The smallest absolute Gasteiger partial charge is 0.314 e. The van der Waals surface area contributed by atoms with Crippen molar-refractivity contribution in [2.24, 2.45) is 0 Å². The number of likely N-dealkylation sites (tertiary alicyclic amines) is 1. The molecule has 4 N–H and O–H groups in total. The summed E-state index contributed by atoms with van der Waals surface area (Å²) in [4.78, 5) is 19.7. The highest BCUT2D eigenvalue weighted by molar-refractivity contribution is 5.81. The molecule has 37 heavy (non-hydrogen) atoms. The molecular formula is C32H35N3O2. The molecule has 1 aliphatic rings. The number of carboxylic acid groups (broad SMARTS) is 1. The Morgan fingerprint density at radius 3 is 1.78 bits per heavy atom. The van der Waals surface area contributed by atoms with Crippen LogP contribution in [0.4, 0.5) is 0 Å². The molecule has 0 amide bonds. The zero-order valence-electron chi connectivity index (χ0n) is 21.2. The third-order valence-electron chi connectivity index (χ3n) is 7.88. The number of benzene rings is 3. The molecule has 1 saturated heterocycles. The lowest BCUT2D eigenvalue weighted by molar-refractivity contribution is -0.146. The number of aromatic nitrogens is 1. The van der Waals surface area contributed by atoms with Gasteiger partial charge in [0.2, 0.25) is 0 Å². The van der Waals surface area contributed by atoms with Crippen LogP contribution in [0.2, 0.25) is 0 Å². The molecule has 3 aromatic carbocycles. The third-order valence-corrected chi connectivity index (χ3v) is 7.88. The first-order valence-electron chi connectivity index (χ1n) is 12.7. The minimum atomic E-state index is -0.811. The molecule has 0 aliphatic carbocycles. The van der Waals surface area contributed by atoms with E-state index in [2.05, 4.69) is 77.7 Å². The van der Waals surface area contributed by atoms with Crippen molar-refractivity contribution in [2.45, 2.75) is 30.1 Å². The van der Waals surface area contributed by atoms with Crippen LogP contribution in [0.5, 0.6) is 0 Å². The summed E-state index contributed by atoms with van der Waals surface area (Å²) in [5, 5.41) is 10.2. The standard InChI is InChI=1S/C32H32N2O2.H3N/c35-30(36)31(26-12-4-1-5-13-26)19-23-34(24-20-31)25-21-32(27-14-6-2-7-15-27,28-16-8-3-9-17-28)29-18-10-11-22-33-29;/h1-18,22H,19-21,23-25H2,(H,35,36);1H3. The lowest BCUT2D eigenvalue weighted by Crippen LogP contribution is -2.48. The SMILES string of the molecule is N.O=C(O)C1(c2ccccc2)CCN(CCC(c2ccccc2)(c2ccccc2)c2ccccn2)CC1. The summed E-state index contributed by atoms with van der Waals surface area (Å²) in [7, 11) is 0. The van der Waals surface area contributed by atoms with E-state index in [1.807, 2.05) is 42.6 Å². The largest absolute Gasteiger partial charge is 0.481 e. The van der Waals surface area contributed by atoms with E-state index >= 15 is 0 Å². The number of carbonyl (C=O) groups is 1. The highest BCUT2D eigenvalue weighted by Crippen LogP contribution is 2.42. The van der Waals surface area contributed by atoms with Gasteiger partial charge in [-0.3, -0.25) is 9.78 Å². The summed E-state index contributed by atoms with van der Waals surface area (Å²) in [6.07, 6.45) is 3.95. The lowest BCUT2D eigenvalue weighted by Gasteiger charge is -2.41. The van der Waals surface area contributed by atoms with Crippen LogP contribution in [0.3, 0.4) is 0 Å². The first kappa shape index (κ1) is 26.3. The number of hydrogen-bond acceptors (Lipinski definition) is 4. The Bertz CT molecular complexity index is 1160. The third kappa shape index (κ3) is 5.06.